The lowest BCUT2D eigenvalue weighted by Crippen LogP contribution is -2.15. The Labute approximate surface area is 208 Å². The maximum atomic E-state index is 11.9. The number of carbonyl (C=O) groups excluding carboxylic acids is 1. The Morgan fingerprint density at radius 1 is 0.972 bits per heavy atom. The average molecular weight is 477 g/mol. The smallest absolute Gasteiger partial charge is 0.247 e. The minimum absolute atomic E-state index is 0.128. The molecule has 0 bridgehead atoms. The van der Waals surface area contributed by atoms with E-state index in [1.165, 1.54) is 12.4 Å². The van der Waals surface area contributed by atoms with Crippen molar-refractivity contribution >= 4 is 28.5 Å². The Morgan fingerprint density at radius 2 is 1.69 bits per heavy atom. The van der Waals surface area contributed by atoms with Crippen LogP contribution in [0.4, 0.5) is 11.5 Å². The van der Waals surface area contributed by atoms with E-state index in [0.717, 1.165) is 22.3 Å². The number of fused-ring (bicyclic) bond motifs is 1. The first-order valence-electron chi connectivity index (χ1n) is 11.5. The molecule has 0 spiro atoms. The summed E-state index contributed by atoms with van der Waals surface area (Å²) in [7, 11) is 0. The highest BCUT2D eigenvalue weighted by Crippen LogP contribution is 2.43. The van der Waals surface area contributed by atoms with Gasteiger partial charge in [-0.15, -0.1) is 0 Å². The summed E-state index contributed by atoms with van der Waals surface area (Å²) in [4.78, 5) is 20.8. The lowest BCUT2D eigenvalue weighted by atomic mass is 9.98. The highest BCUT2D eigenvalue weighted by molar-refractivity contribution is 6.07. The van der Waals surface area contributed by atoms with Crippen molar-refractivity contribution in [2.24, 2.45) is 0 Å². The van der Waals surface area contributed by atoms with Crippen molar-refractivity contribution in [3.8, 4) is 22.5 Å². The van der Waals surface area contributed by atoms with E-state index in [1.807, 2.05) is 84.9 Å². The number of anilines is 2. The second-order valence-corrected chi connectivity index (χ2v) is 8.14. The highest BCUT2D eigenvalue weighted by Gasteiger charge is 2.24. The van der Waals surface area contributed by atoms with E-state index in [2.05, 4.69) is 27.2 Å². The topological polar surface area (TPSA) is 100 Å². The van der Waals surface area contributed by atoms with Gasteiger partial charge in [0.2, 0.25) is 11.6 Å². The highest BCUT2D eigenvalue weighted by atomic mass is 16.3. The van der Waals surface area contributed by atoms with Crippen molar-refractivity contribution in [1.29, 1.82) is 0 Å². The van der Waals surface area contributed by atoms with Crippen molar-refractivity contribution in [1.82, 2.24) is 9.97 Å². The van der Waals surface area contributed by atoms with Crippen molar-refractivity contribution in [2.45, 2.75) is 6.04 Å². The van der Waals surface area contributed by atoms with Crippen LogP contribution in [0.15, 0.2) is 108 Å². The SMILES string of the molecule is C=CC(=O)Nc1cccc(-c2c(-c3ccccc3)oc3ncnc(NC(CO)c4ccccc4)c23)c1. The minimum Gasteiger partial charge on any atom is -0.437 e. The zero-order valence-corrected chi connectivity index (χ0v) is 19.4. The molecule has 0 saturated carbocycles. The molecule has 36 heavy (non-hydrogen) atoms. The molecule has 1 amide bonds. The second-order valence-electron chi connectivity index (χ2n) is 8.14. The third-order valence-electron chi connectivity index (χ3n) is 5.82. The minimum atomic E-state index is -0.384. The van der Waals surface area contributed by atoms with Gasteiger partial charge in [-0.3, -0.25) is 4.79 Å². The Bertz CT molecular complexity index is 1510. The lowest BCUT2D eigenvalue weighted by Gasteiger charge is -2.18. The summed E-state index contributed by atoms with van der Waals surface area (Å²) in [6.45, 7) is 3.40. The number of aliphatic hydroxyl groups excluding tert-OH is 1. The lowest BCUT2D eigenvalue weighted by molar-refractivity contribution is -0.111. The predicted octanol–water partition coefficient (Wildman–Crippen LogP) is 5.83. The summed E-state index contributed by atoms with van der Waals surface area (Å²) in [5.41, 5.74) is 4.42. The van der Waals surface area contributed by atoms with Crippen LogP contribution in [-0.2, 0) is 4.79 Å². The number of benzene rings is 3. The molecular weight excluding hydrogens is 452 g/mol. The predicted molar refractivity (Wildman–Crippen MR) is 141 cm³/mol. The Hall–Kier alpha value is -4.75. The van der Waals surface area contributed by atoms with Gasteiger partial charge in [0.15, 0.2) is 0 Å². The fraction of sp³-hybridized carbons (Fsp3) is 0.0690. The van der Waals surface area contributed by atoms with E-state index in [4.69, 9.17) is 4.42 Å². The quantitative estimate of drug-likeness (QED) is 0.244. The Balaban J connectivity index is 1.70. The summed E-state index contributed by atoms with van der Waals surface area (Å²) in [5.74, 6) is 0.859. The summed E-state index contributed by atoms with van der Waals surface area (Å²) < 4.78 is 6.29. The van der Waals surface area contributed by atoms with E-state index in [-0.39, 0.29) is 18.6 Å². The monoisotopic (exact) mass is 476 g/mol. The largest absolute Gasteiger partial charge is 0.437 e. The molecular formula is C29H24N4O3. The first-order chi connectivity index (χ1) is 17.7. The molecule has 7 nitrogen and oxygen atoms in total. The molecule has 1 atom stereocenters. The van der Waals surface area contributed by atoms with Crippen LogP contribution in [0.2, 0.25) is 0 Å². The zero-order valence-electron chi connectivity index (χ0n) is 19.4. The van der Waals surface area contributed by atoms with E-state index < -0.39 is 0 Å². The van der Waals surface area contributed by atoms with Crippen LogP contribution in [0.25, 0.3) is 33.6 Å². The number of nitrogens with zero attached hydrogens (tertiary/aromatic N) is 2. The van der Waals surface area contributed by atoms with Crippen molar-refractivity contribution in [3.63, 3.8) is 0 Å². The van der Waals surface area contributed by atoms with Gasteiger partial charge in [0.05, 0.1) is 18.0 Å². The maximum Gasteiger partial charge on any atom is 0.247 e. The fourth-order valence-corrected chi connectivity index (χ4v) is 4.14. The summed E-state index contributed by atoms with van der Waals surface area (Å²) in [6.07, 6.45) is 2.66. The summed E-state index contributed by atoms with van der Waals surface area (Å²) >= 11 is 0. The second kappa shape index (κ2) is 10.2. The normalized spacial score (nSPS) is 11.7. The van der Waals surface area contributed by atoms with Gasteiger partial charge < -0.3 is 20.2 Å². The molecule has 5 rings (SSSR count). The van der Waals surface area contributed by atoms with Crippen LogP contribution in [0.5, 0.6) is 0 Å². The fourth-order valence-electron chi connectivity index (χ4n) is 4.14. The molecule has 5 aromatic rings. The number of nitrogens with one attached hydrogen (secondary N) is 2. The van der Waals surface area contributed by atoms with E-state index in [1.54, 1.807) is 0 Å². The number of hydrogen-bond donors (Lipinski definition) is 3. The molecule has 178 valence electrons. The number of hydrogen-bond acceptors (Lipinski definition) is 6. The average Bonchev–Trinajstić information content (AvgIpc) is 3.33. The zero-order chi connectivity index (χ0) is 24.9. The van der Waals surface area contributed by atoms with E-state index in [9.17, 15) is 9.90 Å². The number of aliphatic hydroxyl groups is 1. The van der Waals surface area contributed by atoms with Gasteiger partial charge in [-0.2, -0.15) is 0 Å². The Kier molecular flexibility index (Phi) is 6.55. The third-order valence-corrected chi connectivity index (χ3v) is 5.82. The summed E-state index contributed by atoms with van der Waals surface area (Å²) in [6, 6.07) is 26.5. The van der Waals surface area contributed by atoms with Crippen LogP contribution >= 0.6 is 0 Å². The number of aromatic nitrogens is 2. The molecule has 3 N–H and O–H groups in total. The van der Waals surface area contributed by atoms with Crippen molar-refractivity contribution in [3.05, 3.63) is 109 Å². The third kappa shape index (κ3) is 4.60. The van der Waals surface area contributed by atoms with Crippen LogP contribution in [0, 0.1) is 0 Å². The van der Waals surface area contributed by atoms with Crippen LogP contribution in [0.1, 0.15) is 11.6 Å². The van der Waals surface area contributed by atoms with Gasteiger partial charge in [0, 0.05) is 16.8 Å². The number of furan rings is 1. The first kappa shape index (κ1) is 23.0. The molecule has 0 aliphatic heterocycles. The van der Waals surface area contributed by atoms with E-state index in [0.29, 0.717) is 28.4 Å². The van der Waals surface area contributed by atoms with Crippen molar-refractivity contribution in [2.75, 3.05) is 17.2 Å². The van der Waals surface area contributed by atoms with Gasteiger partial charge in [-0.25, -0.2) is 9.97 Å². The first-order valence-corrected chi connectivity index (χ1v) is 11.5. The molecule has 0 aliphatic carbocycles. The standard InChI is InChI=1S/C29H24N4O3/c1-2-24(35)32-22-15-9-14-21(16-22)25-26-28(33-23(17-34)19-10-5-3-6-11-19)30-18-31-29(26)36-27(25)20-12-7-4-8-13-20/h2-16,18,23,34H,1,17H2,(H,32,35)(H,30,31,33). The van der Waals surface area contributed by atoms with Gasteiger partial charge in [-0.05, 0) is 29.3 Å². The van der Waals surface area contributed by atoms with Gasteiger partial charge in [0.1, 0.15) is 17.9 Å². The molecule has 0 fully saturated rings. The number of rotatable bonds is 8. The van der Waals surface area contributed by atoms with Gasteiger partial charge in [-0.1, -0.05) is 79.4 Å². The van der Waals surface area contributed by atoms with Crippen molar-refractivity contribution < 1.29 is 14.3 Å². The van der Waals surface area contributed by atoms with Crippen LogP contribution in [0.3, 0.4) is 0 Å². The maximum absolute atomic E-state index is 11.9. The van der Waals surface area contributed by atoms with Crippen LogP contribution in [-0.4, -0.2) is 27.6 Å². The molecule has 0 saturated heterocycles. The van der Waals surface area contributed by atoms with Gasteiger partial charge >= 0.3 is 0 Å². The molecule has 2 heterocycles. The van der Waals surface area contributed by atoms with Gasteiger partial charge in [0.25, 0.3) is 0 Å². The summed E-state index contributed by atoms with van der Waals surface area (Å²) in [5, 5.41) is 17.0. The van der Waals surface area contributed by atoms with E-state index >= 15 is 0 Å². The molecule has 1 unspecified atom stereocenters. The molecule has 2 aromatic heterocycles. The number of carbonyl (C=O) groups is 1. The Morgan fingerprint density at radius 3 is 2.42 bits per heavy atom. The molecule has 0 radical (unpaired) electrons. The molecule has 3 aromatic carbocycles. The molecule has 0 aliphatic rings. The number of amides is 1. The van der Waals surface area contributed by atoms with Crippen LogP contribution < -0.4 is 10.6 Å². The molecule has 7 heteroatoms.